The Labute approximate surface area is 118 Å². The highest BCUT2D eigenvalue weighted by Crippen LogP contribution is 2.20. The zero-order valence-electron chi connectivity index (χ0n) is 11.7. The monoisotopic (exact) mass is 270 g/mol. The average Bonchev–Trinajstić information content (AvgIpc) is 2.42. The number of ether oxygens (including phenoxy) is 1. The smallest absolute Gasteiger partial charge is 0.345 e. The standard InChI is InChI=1S/C17H18O3/c1-12-7-3-5-9-14(12)11-16(17(18)19)20-15-10-6-4-8-13(15)2/h3-10,16H,11H2,1-2H3,(H,18,19)/t16-/m0/s1. The predicted molar refractivity (Wildman–Crippen MR) is 78.1 cm³/mol. The molecular weight excluding hydrogens is 252 g/mol. The summed E-state index contributed by atoms with van der Waals surface area (Å²) in [6, 6.07) is 15.2. The number of hydrogen-bond acceptors (Lipinski definition) is 2. The van der Waals surface area contributed by atoms with Gasteiger partial charge in [-0.1, -0.05) is 42.5 Å². The van der Waals surface area contributed by atoms with Crippen molar-refractivity contribution in [3.05, 3.63) is 65.2 Å². The van der Waals surface area contributed by atoms with Gasteiger partial charge >= 0.3 is 5.97 Å². The molecule has 0 radical (unpaired) electrons. The summed E-state index contributed by atoms with van der Waals surface area (Å²) in [4.78, 5) is 11.4. The van der Waals surface area contributed by atoms with Crippen molar-refractivity contribution in [3.8, 4) is 5.75 Å². The van der Waals surface area contributed by atoms with Crippen LogP contribution in [-0.4, -0.2) is 17.2 Å². The molecule has 0 saturated heterocycles. The fourth-order valence-electron chi connectivity index (χ4n) is 2.06. The minimum absolute atomic E-state index is 0.357. The molecular formula is C17H18O3. The van der Waals surface area contributed by atoms with E-state index in [0.717, 1.165) is 16.7 Å². The molecule has 0 fully saturated rings. The first-order valence-electron chi connectivity index (χ1n) is 6.57. The molecule has 0 aliphatic heterocycles. The first-order valence-corrected chi connectivity index (χ1v) is 6.57. The summed E-state index contributed by atoms with van der Waals surface area (Å²) in [5.74, 6) is -0.329. The lowest BCUT2D eigenvalue weighted by Gasteiger charge is -2.17. The van der Waals surface area contributed by atoms with Crippen molar-refractivity contribution in [2.45, 2.75) is 26.4 Å². The third-order valence-electron chi connectivity index (χ3n) is 3.30. The molecule has 2 aromatic rings. The van der Waals surface area contributed by atoms with Crippen molar-refractivity contribution in [1.82, 2.24) is 0 Å². The van der Waals surface area contributed by atoms with Gasteiger partial charge in [0.15, 0.2) is 6.10 Å². The highest BCUT2D eigenvalue weighted by Gasteiger charge is 2.21. The second kappa shape index (κ2) is 6.24. The quantitative estimate of drug-likeness (QED) is 0.906. The Bertz CT molecular complexity index is 557. The summed E-state index contributed by atoms with van der Waals surface area (Å²) in [5, 5.41) is 9.35. The minimum atomic E-state index is -0.948. The molecule has 0 amide bonds. The van der Waals surface area contributed by atoms with Gasteiger partial charge in [0.2, 0.25) is 0 Å². The van der Waals surface area contributed by atoms with Gasteiger partial charge in [0.1, 0.15) is 5.75 Å². The van der Waals surface area contributed by atoms with Crippen LogP contribution in [0.3, 0.4) is 0 Å². The van der Waals surface area contributed by atoms with Crippen LogP contribution in [0.1, 0.15) is 16.7 Å². The number of para-hydroxylation sites is 1. The number of hydrogen-bond donors (Lipinski definition) is 1. The molecule has 0 saturated carbocycles. The maximum atomic E-state index is 11.4. The number of aryl methyl sites for hydroxylation is 2. The SMILES string of the molecule is Cc1ccccc1C[C@H](Oc1ccccc1C)C(=O)O. The van der Waals surface area contributed by atoms with Crippen LogP contribution in [0.2, 0.25) is 0 Å². The Hall–Kier alpha value is -2.29. The lowest BCUT2D eigenvalue weighted by atomic mass is 10.0. The van der Waals surface area contributed by atoms with Crippen LogP contribution in [0.25, 0.3) is 0 Å². The third-order valence-corrected chi connectivity index (χ3v) is 3.30. The van der Waals surface area contributed by atoms with E-state index in [1.165, 1.54) is 0 Å². The minimum Gasteiger partial charge on any atom is -0.478 e. The van der Waals surface area contributed by atoms with E-state index >= 15 is 0 Å². The van der Waals surface area contributed by atoms with Crippen LogP contribution in [0.4, 0.5) is 0 Å². The van der Waals surface area contributed by atoms with Gasteiger partial charge in [-0.2, -0.15) is 0 Å². The van der Waals surface area contributed by atoms with E-state index in [0.29, 0.717) is 12.2 Å². The van der Waals surface area contributed by atoms with Crippen molar-refractivity contribution in [2.75, 3.05) is 0 Å². The zero-order valence-corrected chi connectivity index (χ0v) is 11.7. The Morgan fingerprint density at radius 3 is 2.25 bits per heavy atom. The molecule has 0 unspecified atom stereocenters. The van der Waals surface area contributed by atoms with E-state index in [4.69, 9.17) is 4.74 Å². The van der Waals surface area contributed by atoms with Crippen molar-refractivity contribution >= 4 is 5.97 Å². The van der Waals surface area contributed by atoms with Gasteiger partial charge in [-0.15, -0.1) is 0 Å². The van der Waals surface area contributed by atoms with Gasteiger partial charge in [-0.25, -0.2) is 4.79 Å². The topological polar surface area (TPSA) is 46.5 Å². The fourth-order valence-corrected chi connectivity index (χ4v) is 2.06. The summed E-state index contributed by atoms with van der Waals surface area (Å²) in [5.41, 5.74) is 3.00. The second-order valence-corrected chi connectivity index (χ2v) is 4.84. The summed E-state index contributed by atoms with van der Waals surface area (Å²) in [6.07, 6.45) is -0.520. The first kappa shape index (κ1) is 14.1. The van der Waals surface area contributed by atoms with E-state index in [1.54, 1.807) is 6.07 Å². The summed E-state index contributed by atoms with van der Waals surface area (Å²) < 4.78 is 5.67. The van der Waals surface area contributed by atoms with Gasteiger partial charge in [-0.3, -0.25) is 0 Å². The third kappa shape index (κ3) is 3.38. The van der Waals surface area contributed by atoms with Crippen molar-refractivity contribution in [2.24, 2.45) is 0 Å². The number of aliphatic carboxylic acids is 1. The van der Waals surface area contributed by atoms with Crippen molar-refractivity contribution in [1.29, 1.82) is 0 Å². The Morgan fingerprint density at radius 2 is 1.65 bits per heavy atom. The molecule has 0 aliphatic carbocycles. The molecule has 3 heteroatoms. The van der Waals surface area contributed by atoms with E-state index in [-0.39, 0.29) is 0 Å². The van der Waals surface area contributed by atoms with Crippen LogP contribution in [0.15, 0.2) is 48.5 Å². The van der Waals surface area contributed by atoms with Crippen LogP contribution >= 0.6 is 0 Å². The van der Waals surface area contributed by atoms with Gasteiger partial charge < -0.3 is 9.84 Å². The number of rotatable bonds is 5. The molecule has 1 N–H and O–H groups in total. The van der Waals surface area contributed by atoms with E-state index in [9.17, 15) is 9.90 Å². The van der Waals surface area contributed by atoms with Crippen LogP contribution in [0.5, 0.6) is 5.75 Å². The summed E-state index contributed by atoms with van der Waals surface area (Å²) in [7, 11) is 0. The van der Waals surface area contributed by atoms with E-state index < -0.39 is 12.1 Å². The maximum absolute atomic E-state index is 11.4. The molecule has 3 nitrogen and oxygen atoms in total. The number of benzene rings is 2. The fraction of sp³-hybridized carbons (Fsp3) is 0.235. The Balaban J connectivity index is 2.19. The van der Waals surface area contributed by atoms with Crippen LogP contribution in [0, 0.1) is 13.8 Å². The van der Waals surface area contributed by atoms with Crippen molar-refractivity contribution in [3.63, 3.8) is 0 Å². The molecule has 0 spiro atoms. The average molecular weight is 270 g/mol. The van der Waals surface area contributed by atoms with E-state index in [1.807, 2.05) is 56.3 Å². The summed E-state index contributed by atoms with van der Waals surface area (Å²) in [6.45, 7) is 3.88. The first-order chi connectivity index (χ1) is 9.58. The van der Waals surface area contributed by atoms with E-state index in [2.05, 4.69) is 0 Å². The number of carbonyl (C=O) groups is 1. The normalized spacial score (nSPS) is 11.9. The van der Waals surface area contributed by atoms with Crippen LogP contribution < -0.4 is 4.74 Å². The molecule has 1 atom stereocenters. The molecule has 0 aliphatic rings. The van der Waals surface area contributed by atoms with Gasteiger partial charge in [0.05, 0.1) is 0 Å². The van der Waals surface area contributed by atoms with Gasteiger partial charge in [0, 0.05) is 6.42 Å². The summed E-state index contributed by atoms with van der Waals surface area (Å²) >= 11 is 0. The molecule has 2 rings (SSSR count). The van der Waals surface area contributed by atoms with Crippen molar-refractivity contribution < 1.29 is 14.6 Å². The number of carboxylic acid groups (broad SMARTS) is 1. The highest BCUT2D eigenvalue weighted by atomic mass is 16.5. The predicted octanol–water partition coefficient (Wildman–Crippen LogP) is 3.38. The molecule has 0 heterocycles. The van der Waals surface area contributed by atoms with Crippen LogP contribution in [-0.2, 0) is 11.2 Å². The lowest BCUT2D eigenvalue weighted by Crippen LogP contribution is -2.29. The number of carboxylic acids is 1. The molecule has 0 bridgehead atoms. The maximum Gasteiger partial charge on any atom is 0.345 e. The molecule has 104 valence electrons. The highest BCUT2D eigenvalue weighted by molar-refractivity contribution is 5.73. The lowest BCUT2D eigenvalue weighted by molar-refractivity contribution is -0.145. The van der Waals surface area contributed by atoms with Gasteiger partial charge in [0.25, 0.3) is 0 Å². The molecule has 20 heavy (non-hydrogen) atoms. The second-order valence-electron chi connectivity index (χ2n) is 4.84. The Morgan fingerprint density at radius 1 is 1.05 bits per heavy atom. The molecule has 0 aromatic heterocycles. The zero-order chi connectivity index (χ0) is 14.5. The van der Waals surface area contributed by atoms with Gasteiger partial charge in [-0.05, 0) is 36.6 Å². The molecule has 2 aromatic carbocycles. The Kier molecular flexibility index (Phi) is 4.41. The largest absolute Gasteiger partial charge is 0.478 e.